The van der Waals surface area contributed by atoms with E-state index in [-0.39, 0.29) is 11.4 Å². The Labute approximate surface area is 85.6 Å². The van der Waals surface area contributed by atoms with Crippen LogP contribution in [0.4, 0.5) is 0 Å². The van der Waals surface area contributed by atoms with Gasteiger partial charge in [0, 0.05) is 5.41 Å². The van der Waals surface area contributed by atoms with Gasteiger partial charge in [-0.25, -0.2) is 0 Å². The first-order chi connectivity index (χ1) is 5.58. The van der Waals surface area contributed by atoms with Crippen LogP contribution in [0, 0.1) is 5.41 Å². The lowest BCUT2D eigenvalue weighted by molar-refractivity contribution is -0.166. The van der Waals surface area contributed by atoms with Crippen LogP contribution in [0.15, 0.2) is 0 Å². The average Bonchev–Trinajstić information content (AvgIpc) is 1.83. The molecule has 0 aliphatic rings. The van der Waals surface area contributed by atoms with Gasteiger partial charge in [-0.1, -0.05) is 20.8 Å². The van der Waals surface area contributed by atoms with Crippen molar-refractivity contribution in [2.45, 2.75) is 52.5 Å². The minimum Gasteiger partial charge on any atom is -0.458 e. The van der Waals surface area contributed by atoms with E-state index in [1.807, 2.05) is 34.6 Å². The molecule has 13 heavy (non-hydrogen) atoms. The Kier molecular flexibility index (Phi) is 3.80. The Hall–Kier alpha value is -0.240. The number of carbonyl (C=O) groups excluding carboxylic acids is 1. The quantitative estimate of drug-likeness (QED) is 0.513. The molecule has 0 aromatic heterocycles. The van der Waals surface area contributed by atoms with E-state index in [1.165, 1.54) is 0 Å². The normalized spacial score (nSPS) is 15.3. The number of ether oxygens (including phenoxy) is 1. The number of halogens is 1. The number of esters is 1. The molecule has 0 bridgehead atoms. The maximum Gasteiger partial charge on any atom is 0.324 e. The molecule has 0 aromatic carbocycles. The first-order valence-electron chi connectivity index (χ1n) is 4.45. The van der Waals surface area contributed by atoms with Crippen LogP contribution < -0.4 is 0 Å². The van der Waals surface area contributed by atoms with Crippen LogP contribution in [0.3, 0.4) is 0 Å². The number of hydrogen-bond acceptors (Lipinski definition) is 2. The molecule has 0 spiro atoms. The van der Waals surface area contributed by atoms with Crippen LogP contribution in [-0.2, 0) is 9.53 Å². The van der Waals surface area contributed by atoms with Gasteiger partial charge in [-0.2, -0.15) is 0 Å². The summed E-state index contributed by atoms with van der Waals surface area (Å²) in [4.78, 5) is 11.3. The van der Waals surface area contributed by atoms with Crippen LogP contribution in [0.2, 0.25) is 0 Å². The van der Waals surface area contributed by atoms with Gasteiger partial charge in [0.2, 0.25) is 0 Å². The van der Waals surface area contributed by atoms with Crippen molar-refractivity contribution in [1.82, 2.24) is 0 Å². The molecule has 1 atom stereocenters. The molecule has 1 unspecified atom stereocenters. The van der Waals surface area contributed by atoms with E-state index >= 15 is 0 Å². The number of rotatable bonds is 2. The number of alkyl halides is 1. The summed E-state index contributed by atoms with van der Waals surface area (Å²) in [6, 6.07) is 0. The summed E-state index contributed by atoms with van der Waals surface area (Å²) < 4.78 is 5.29. The Bertz CT molecular complexity index is 190. The highest BCUT2D eigenvalue weighted by molar-refractivity contribution is 6.29. The third kappa shape index (κ3) is 3.55. The molecule has 0 aliphatic carbocycles. The topological polar surface area (TPSA) is 26.3 Å². The minimum absolute atomic E-state index is 0.0889. The van der Waals surface area contributed by atoms with Gasteiger partial charge >= 0.3 is 5.97 Å². The number of carbonyl (C=O) groups is 1. The van der Waals surface area contributed by atoms with Gasteiger partial charge in [0.1, 0.15) is 11.0 Å². The highest BCUT2D eigenvalue weighted by atomic mass is 35.5. The van der Waals surface area contributed by atoms with E-state index in [9.17, 15) is 4.79 Å². The van der Waals surface area contributed by atoms with Crippen LogP contribution >= 0.6 is 11.6 Å². The van der Waals surface area contributed by atoms with Crippen LogP contribution in [0.5, 0.6) is 0 Å². The van der Waals surface area contributed by atoms with Crippen molar-refractivity contribution in [3.05, 3.63) is 0 Å². The summed E-state index contributed by atoms with van der Waals surface area (Å²) in [5.74, 6) is -0.360. The Morgan fingerprint density at radius 1 is 1.23 bits per heavy atom. The smallest absolute Gasteiger partial charge is 0.324 e. The van der Waals surface area contributed by atoms with Crippen LogP contribution in [0.1, 0.15) is 41.5 Å². The van der Waals surface area contributed by atoms with Crippen molar-refractivity contribution in [1.29, 1.82) is 0 Å². The Balaban J connectivity index is 4.44. The van der Waals surface area contributed by atoms with Crippen molar-refractivity contribution < 1.29 is 9.53 Å². The zero-order valence-electron chi connectivity index (χ0n) is 9.27. The van der Waals surface area contributed by atoms with Crippen LogP contribution in [0.25, 0.3) is 0 Å². The van der Waals surface area contributed by atoms with Crippen LogP contribution in [-0.4, -0.2) is 16.9 Å². The molecule has 0 N–H and O–H groups in total. The van der Waals surface area contributed by atoms with E-state index in [2.05, 4.69) is 0 Å². The fourth-order valence-corrected chi connectivity index (χ4v) is 0.530. The summed E-state index contributed by atoms with van der Waals surface area (Å²) in [7, 11) is 0. The van der Waals surface area contributed by atoms with E-state index < -0.39 is 11.0 Å². The van der Waals surface area contributed by atoms with Crippen molar-refractivity contribution in [2.75, 3.05) is 0 Å². The van der Waals surface area contributed by atoms with Gasteiger partial charge in [0.05, 0.1) is 0 Å². The second-order valence-electron chi connectivity index (χ2n) is 4.80. The Morgan fingerprint density at radius 3 is 1.85 bits per heavy atom. The molecule has 0 amide bonds. The predicted octanol–water partition coefficient (Wildman–Crippen LogP) is 2.98. The molecule has 0 radical (unpaired) electrons. The predicted molar refractivity (Wildman–Crippen MR) is 54.9 cm³/mol. The fourth-order valence-electron chi connectivity index (χ4n) is 0.486. The van der Waals surface area contributed by atoms with Gasteiger partial charge in [-0.05, 0) is 20.8 Å². The molecule has 0 rings (SSSR count). The maximum absolute atomic E-state index is 11.3. The molecule has 2 nitrogen and oxygen atoms in total. The van der Waals surface area contributed by atoms with Crippen molar-refractivity contribution in [3.8, 4) is 0 Å². The molecular formula is C10H19ClO2. The maximum atomic E-state index is 11.3. The first-order valence-corrected chi connectivity index (χ1v) is 4.88. The lowest BCUT2D eigenvalue weighted by atomic mass is 9.79. The minimum atomic E-state index is -0.582. The zero-order valence-corrected chi connectivity index (χ0v) is 10.0. The fraction of sp³-hybridized carbons (Fsp3) is 0.900. The SMILES string of the molecule is CC(Cl)C(=O)OC(C)(C)C(C)(C)C. The second-order valence-corrected chi connectivity index (χ2v) is 5.45. The summed E-state index contributed by atoms with van der Waals surface area (Å²) in [5.41, 5.74) is -0.582. The average molecular weight is 207 g/mol. The van der Waals surface area contributed by atoms with Gasteiger partial charge < -0.3 is 4.74 Å². The zero-order chi connectivity index (χ0) is 10.9. The summed E-state index contributed by atoms with van der Waals surface area (Å²) >= 11 is 5.61. The van der Waals surface area contributed by atoms with E-state index in [0.717, 1.165) is 0 Å². The molecular weight excluding hydrogens is 188 g/mol. The van der Waals surface area contributed by atoms with E-state index in [4.69, 9.17) is 16.3 Å². The highest BCUT2D eigenvalue weighted by Gasteiger charge is 2.37. The molecule has 0 heterocycles. The number of hydrogen-bond donors (Lipinski definition) is 0. The van der Waals surface area contributed by atoms with Gasteiger partial charge in [-0.3, -0.25) is 4.79 Å². The molecule has 0 fully saturated rings. The molecule has 0 aromatic rings. The summed E-state index contributed by atoms with van der Waals surface area (Å²) in [6.07, 6.45) is 0. The van der Waals surface area contributed by atoms with Gasteiger partial charge in [0.25, 0.3) is 0 Å². The summed E-state index contributed by atoms with van der Waals surface area (Å²) in [5, 5.41) is -0.582. The molecule has 78 valence electrons. The van der Waals surface area contributed by atoms with Crippen molar-refractivity contribution >= 4 is 17.6 Å². The third-order valence-corrected chi connectivity index (χ3v) is 2.66. The molecule has 0 aliphatic heterocycles. The lowest BCUT2D eigenvalue weighted by Crippen LogP contribution is -2.42. The van der Waals surface area contributed by atoms with Crippen molar-refractivity contribution in [2.24, 2.45) is 5.41 Å². The van der Waals surface area contributed by atoms with Crippen molar-refractivity contribution in [3.63, 3.8) is 0 Å². The van der Waals surface area contributed by atoms with Gasteiger partial charge in [0.15, 0.2) is 0 Å². The highest BCUT2D eigenvalue weighted by Crippen LogP contribution is 2.33. The largest absolute Gasteiger partial charge is 0.458 e. The molecule has 0 saturated heterocycles. The lowest BCUT2D eigenvalue weighted by Gasteiger charge is -2.38. The van der Waals surface area contributed by atoms with E-state index in [0.29, 0.717) is 0 Å². The Morgan fingerprint density at radius 2 is 1.62 bits per heavy atom. The monoisotopic (exact) mass is 206 g/mol. The van der Waals surface area contributed by atoms with Gasteiger partial charge in [-0.15, -0.1) is 11.6 Å². The standard InChI is InChI=1S/C10H19ClO2/c1-7(11)8(12)13-10(5,6)9(2,3)4/h7H,1-6H3. The molecule has 3 heteroatoms. The first kappa shape index (κ1) is 12.8. The van der Waals surface area contributed by atoms with E-state index in [1.54, 1.807) is 6.92 Å². The second kappa shape index (κ2) is 3.87. The molecule has 0 saturated carbocycles. The third-order valence-electron chi connectivity index (χ3n) is 2.49. The summed E-state index contributed by atoms with van der Waals surface area (Å²) in [6.45, 7) is 11.5.